The maximum absolute atomic E-state index is 12.3. The Morgan fingerprint density at radius 2 is 1.76 bits per heavy atom. The van der Waals surface area contributed by atoms with Crippen LogP contribution in [0.5, 0.6) is 0 Å². The normalized spacial score (nSPS) is 13.3. The number of nitrogens with zero attached hydrogens (tertiary/aromatic N) is 3. The van der Waals surface area contributed by atoms with Gasteiger partial charge in [0.25, 0.3) is 0 Å². The number of rotatable bonds is 1. The first-order valence-corrected chi connectivity index (χ1v) is 4.31. The van der Waals surface area contributed by atoms with Crippen LogP contribution in [0.3, 0.4) is 0 Å². The molecule has 0 unspecified atom stereocenters. The number of alkyl halides is 3. The number of pyridine rings is 1. The Kier molecular flexibility index (Phi) is 2.33. The van der Waals surface area contributed by atoms with Gasteiger partial charge in [0.15, 0.2) is 5.65 Å². The van der Waals surface area contributed by atoms with Gasteiger partial charge in [-0.25, -0.2) is 0 Å². The van der Waals surface area contributed by atoms with Gasteiger partial charge in [-0.05, 0) is 6.07 Å². The maximum Gasteiger partial charge on any atom is 0.509 e. The average molecular weight is 254 g/mol. The lowest BCUT2D eigenvalue weighted by Gasteiger charge is -2.14. The van der Waals surface area contributed by atoms with E-state index in [1.54, 1.807) is 0 Å². The highest BCUT2D eigenvalue weighted by Crippen LogP contribution is 2.27. The number of fused-ring (bicyclic) bond motifs is 1. The first-order valence-electron chi connectivity index (χ1n) is 4.31. The van der Waals surface area contributed by atoms with E-state index < -0.39 is 30.1 Å². The molecule has 17 heavy (non-hydrogen) atoms. The van der Waals surface area contributed by atoms with Crippen LogP contribution in [0, 0.1) is 0 Å². The monoisotopic (exact) mass is 254 g/mol. The summed E-state index contributed by atoms with van der Waals surface area (Å²) in [7, 11) is 0. The fourth-order valence-corrected chi connectivity index (χ4v) is 1.30. The van der Waals surface area contributed by atoms with E-state index in [9.17, 15) is 26.1 Å². The molecule has 0 aliphatic heterocycles. The highest BCUT2D eigenvalue weighted by molar-refractivity contribution is 6.73. The smallest absolute Gasteiger partial charge is 0.445 e. The molecule has 0 aliphatic carbocycles. The van der Waals surface area contributed by atoms with Gasteiger partial charge in [0.05, 0.1) is 0 Å². The van der Waals surface area contributed by atoms with Crippen molar-refractivity contribution in [2.45, 2.75) is 6.18 Å². The van der Waals surface area contributed by atoms with E-state index in [0.717, 1.165) is 0 Å². The molecule has 0 amide bonds. The van der Waals surface area contributed by atoms with E-state index in [2.05, 4.69) is 10.2 Å². The van der Waals surface area contributed by atoms with Crippen molar-refractivity contribution in [1.82, 2.24) is 14.6 Å². The van der Waals surface area contributed by atoms with Crippen molar-refractivity contribution in [3.63, 3.8) is 0 Å². The largest absolute Gasteiger partial charge is 0.509 e. The standard InChI is InChI=1S/C7H3BF6N3/c9-7(10,11)6-16-15-5-3-4(8(12,13)14)1-2-17(5)6/h1-3H/q-1. The molecule has 92 valence electrons. The van der Waals surface area contributed by atoms with Gasteiger partial charge in [-0.3, -0.25) is 4.40 Å². The third kappa shape index (κ3) is 2.06. The molecule has 0 aliphatic rings. The van der Waals surface area contributed by atoms with E-state index in [1.807, 2.05) is 0 Å². The molecule has 0 radical (unpaired) electrons. The molecule has 0 N–H and O–H groups in total. The van der Waals surface area contributed by atoms with E-state index >= 15 is 0 Å². The number of aromatic nitrogens is 3. The minimum atomic E-state index is -5.27. The molecule has 0 bridgehead atoms. The van der Waals surface area contributed by atoms with Gasteiger partial charge in [-0.2, -0.15) is 13.2 Å². The van der Waals surface area contributed by atoms with Crippen molar-refractivity contribution < 1.29 is 26.1 Å². The summed E-state index contributed by atoms with van der Waals surface area (Å²) in [6, 6.07) is 1.09. The zero-order valence-corrected chi connectivity index (χ0v) is 7.92. The molecular weight excluding hydrogens is 251 g/mol. The molecule has 0 spiro atoms. The van der Waals surface area contributed by atoms with Crippen LogP contribution in [0.15, 0.2) is 18.3 Å². The first kappa shape index (κ1) is 11.7. The Balaban J connectivity index is 2.61. The molecule has 0 atom stereocenters. The Morgan fingerprint density at radius 1 is 1.12 bits per heavy atom. The molecule has 2 rings (SSSR count). The van der Waals surface area contributed by atoms with Crippen molar-refractivity contribution in [3.8, 4) is 0 Å². The number of halogens is 6. The molecule has 0 fully saturated rings. The van der Waals surface area contributed by atoms with Gasteiger partial charge in [0, 0.05) is 6.20 Å². The van der Waals surface area contributed by atoms with Crippen LogP contribution in [-0.4, -0.2) is 21.6 Å². The molecule has 2 aromatic heterocycles. The first-order chi connectivity index (χ1) is 7.69. The van der Waals surface area contributed by atoms with Crippen molar-refractivity contribution in [1.29, 1.82) is 0 Å². The van der Waals surface area contributed by atoms with E-state index in [0.29, 0.717) is 22.7 Å². The maximum atomic E-state index is 12.3. The van der Waals surface area contributed by atoms with Crippen LogP contribution >= 0.6 is 0 Å². The summed E-state index contributed by atoms with van der Waals surface area (Å²) in [4.78, 5) is 0. The average Bonchev–Trinajstić information content (AvgIpc) is 2.57. The van der Waals surface area contributed by atoms with Crippen molar-refractivity contribution >= 4 is 18.1 Å². The number of hydrogen-bond acceptors (Lipinski definition) is 2. The van der Waals surface area contributed by atoms with Crippen LogP contribution in [-0.2, 0) is 6.18 Å². The second-order valence-corrected chi connectivity index (χ2v) is 3.28. The van der Waals surface area contributed by atoms with E-state index in [-0.39, 0.29) is 0 Å². The molecule has 2 heterocycles. The zero-order chi connectivity index (χ0) is 12.8. The predicted octanol–water partition coefficient (Wildman–Crippen LogP) is 1.80. The Labute approximate surface area is 90.1 Å². The molecule has 0 aromatic carbocycles. The molecule has 0 saturated carbocycles. The summed E-state index contributed by atoms with van der Waals surface area (Å²) >= 11 is 0. The fraction of sp³-hybridized carbons (Fsp3) is 0.143. The van der Waals surface area contributed by atoms with Crippen molar-refractivity contribution in [3.05, 3.63) is 24.2 Å². The minimum absolute atomic E-state index is 0.464. The summed E-state index contributed by atoms with van der Waals surface area (Å²) in [6.07, 6.45) is -4.10. The van der Waals surface area contributed by atoms with Crippen LogP contribution in [0.25, 0.3) is 5.65 Å². The molecular formula is C7H3BF6N3-. The van der Waals surface area contributed by atoms with Gasteiger partial charge in [-0.15, -0.1) is 15.7 Å². The fourth-order valence-electron chi connectivity index (χ4n) is 1.30. The Bertz CT molecular complexity index is 557. The van der Waals surface area contributed by atoms with Gasteiger partial charge < -0.3 is 12.9 Å². The Hall–Kier alpha value is -1.74. The Morgan fingerprint density at radius 3 is 2.29 bits per heavy atom. The van der Waals surface area contributed by atoms with Crippen molar-refractivity contribution in [2.24, 2.45) is 0 Å². The molecule has 2 aromatic rings. The molecule has 0 saturated heterocycles. The van der Waals surface area contributed by atoms with Gasteiger partial charge in [0.1, 0.15) is 0 Å². The highest BCUT2D eigenvalue weighted by Gasteiger charge is 2.37. The summed E-state index contributed by atoms with van der Waals surface area (Å²) in [5.41, 5.74) is -1.51. The summed E-state index contributed by atoms with van der Waals surface area (Å²) in [5.74, 6) is -1.35. The number of hydrogen-bond donors (Lipinski definition) is 0. The lowest BCUT2D eigenvalue weighted by atomic mass is 9.81. The molecule has 10 heteroatoms. The lowest BCUT2D eigenvalue weighted by Crippen LogP contribution is -2.34. The third-order valence-electron chi connectivity index (χ3n) is 2.07. The van der Waals surface area contributed by atoms with Gasteiger partial charge in [0.2, 0.25) is 5.82 Å². The summed E-state index contributed by atoms with van der Waals surface area (Å²) < 4.78 is 74.5. The second kappa shape index (κ2) is 3.38. The minimum Gasteiger partial charge on any atom is -0.445 e. The lowest BCUT2D eigenvalue weighted by molar-refractivity contribution is -0.145. The zero-order valence-electron chi connectivity index (χ0n) is 7.92. The van der Waals surface area contributed by atoms with Crippen LogP contribution in [0.4, 0.5) is 26.1 Å². The quantitative estimate of drug-likeness (QED) is 0.573. The topological polar surface area (TPSA) is 30.2 Å². The second-order valence-electron chi connectivity index (χ2n) is 3.28. The predicted molar refractivity (Wildman–Crippen MR) is 46.7 cm³/mol. The SMILES string of the molecule is F[B-](F)(F)c1ccn2c(C(F)(F)F)nnc2c1. The summed E-state index contributed by atoms with van der Waals surface area (Å²) in [5, 5.41) is 5.88. The van der Waals surface area contributed by atoms with Crippen LogP contribution in [0.1, 0.15) is 5.82 Å². The third-order valence-corrected chi connectivity index (χ3v) is 2.07. The highest BCUT2D eigenvalue weighted by atomic mass is 19.4. The van der Waals surface area contributed by atoms with Gasteiger partial charge in [-0.1, -0.05) is 6.07 Å². The van der Waals surface area contributed by atoms with Crippen LogP contribution in [0.2, 0.25) is 0 Å². The molecule has 3 nitrogen and oxygen atoms in total. The van der Waals surface area contributed by atoms with E-state index in [4.69, 9.17) is 0 Å². The van der Waals surface area contributed by atoms with Crippen molar-refractivity contribution in [2.75, 3.05) is 0 Å². The van der Waals surface area contributed by atoms with Gasteiger partial charge >= 0.3 is 13.2 Å². The summed E-state index contributed by atoms with van der Waals surface area (Å²) in [6.45, 7) is -5.27. The van der Waals surface area contributed by atoms with E-state index in [1.165, 1.54) is 0 Å². The van der Waals surface area contributed by atoms with Crippen LogP contribution < -0.4 is 5.46 Å².